The van der Waals surface area contributed by atoms with Crippen molar-refractivity contribution in [1.29, 1.82) is 0 Å². The minimum atomic E-state index is 0.0230. The van der Waals surface area contributed by atoms with E-state index in [2.05, 4.69) is 17.2 Å². The molecular weight excluding hydrogens is 204 g/mol. The van der Waals surface area contributed by atoms with Gasteiger partial charge >= 0.3 is 0 Å². The van der Waals surface area contributed by atoms with Crippen LogP contribution in [0, 0.1) is 0 Å². The van der Waals surface area contributed by atoms with E-state index in [4.69, 9.17) is 4.74 Å². The van der Waals surface area contributed by atoms with Gasteiger partial charge in [-0.15, -0.1) is 0 Å². The van der Waals surface area contributed by atoms with Crippen LogP contribution in [0.25, 0.3) is 0 Å². The van der Waals surface area contributed by atoms with Crippen LogP contribution in [0.5, 0.6) is 0 Å². The molecule has 1 atom stereocenters. The molecule has 1 aliphatic rings. The molecule has 4 nitrogen and oxygen atoms in total. The van der Waals surface area contributed by atoms with E-state index < -0.39 is 0 Å². The number of hydrogen-bond donors (Lipinski definition) is 2. The summed E-state index contributed by atoms with van der Waals surface area (Å²) in [5.74, 6) is 0.0230. The Morgan fingerprint density at radius 1 is 1.44 bits per heavy atom. The van der Waals surface area contributed by atoms with Crippen LogP contribution in [0.15, 0.2) is 12.3 Å². The fourth-order valence-electron chi connectivity index (χ4n) is 1.94. The second-order valence-electron chi connectivity index (χ2n) is 4.09. The van der Waals surface area contributed by atoms with Gasteiger partial charge in [0, 0.05) is 19.4 Å². The highest BCUT2D eigenvalue weighted by molar-refractivity contribution is 5.98. The molecule has 16 heavy (non-hydrogen) atoms. The topological polar surface area (TPSA) is 54.1 Å². The van der Waals surface area contributed by atoms with Gasteiger partial charge in [-0.2, -0.15) is 0 Å². The zero-order valence-corrected chi connectivity index (χ0v) is 9.58. The molecule has 0 fully saturated rings. The molecule has 1 aromatic heterocycles. The number of rotatable bonds is 6. The Kier molecular flexibility index (Phi) is 3.62. The van der Waals surface area contributed by atoms with E-state index >= 15 is 0 Å². The molecular formula is C12H18N2O2. The van der Waals surface area contributed by atoms with Crippen LogP contribution in [-0.4, -0.2) is 24.1 Å². The number of aromatic nitrogens is 1. The van der Waals surface area contributed by atoms with Crippen molar-refractivity contribution < 1.29 is 9.53 Å². The third-order valence-electron chi connectivity index (χ3n) is 2.87. The summed E-state index contributed by atoms with van der Waals surface area (Å²) in [7, 11) is 0. The molecule has 2 rings (SSSR count). The molecule has 1 amide bonds. The first-order valence-corrected chi connectivity index (χ1v) is 5.88. The standard InChI is InChI=1S/C12H18N2O2/c1-2-3-7-16-8-5-10-11-9(4-6-13-11)12(15)14-10/h4,6,10,13H,2-3,5,7-8H2,1H3,(H,14,15)/t10-/m0/s1. The Morgan fingerprint density at radius 3 is 3.12 bits per heavy atom. The fourth-order valence-corrected chi connectivity index (χ4v) is 1.94. The molecule has 0 aromatic carbocycles. The molecule has 0 saturated carbocycles. The molecule has 0 unspecified atom stereocenters. The molecule has 0 radical (unpaired) electrons. The number of carbonyl (C=O) groups excluding carboxylic acids is 1. The molecule has 0 aliphatic carbocycles. The quantitative estimate of drug-likeness (QED) is 0.723. The monoisotopic (exact) mass is 222 g/mol. The molecule has 0 bridgehead atoms. The molecule has 0 spiro atoms. The van der Waals surface area contributed by atoms with Gasteiger partial charge in [0.15, 0.2) is 0 Å². The van der Waals surface area contributed by atoms with Crippen molar-refractivity contribution in [2.24, 2.45) is 0 Å². The van der Waals surface area contributed by atoms with Crippen LogP contribution < -0.4 is 5.32 Å². The largest absolute Gasteiger partial charge is 0.381 e. The average Bonchev–Trinajstić information content (AvgIpc) is 2.84. The van der Waals surface area contributed by atoms with Gasteiger partial charge in [-0.1, -0.05) is 13.3 Å². The summed E-state index contributed by atoms with van der Waals surface area (Å²) < 4.78 is 5.50. The van der Waals surface area contributed by atoms with Gasteiger partial charge in [0.2, 0.25) is 0 Å². The van der Waals surface area contributed by atoms with E-state index in [1.54, 1.807) is 0 Å². The normalized spacial score (nSPS) is 18.6. The number of carbonyl (C=O) groups is 1. The van der Waals surface area contributed by atoms with Crippen molar-refractivity contribution >= 4 is 5.91 Å². The summed E-state index contributed by atoms with van der Waals surface area (Å²) in [5.41, 5.74) is 1.78. The van der Waals surface area contributed by atoms with Gasteiger partial charge < -0.3 is 15.0 Å². The summed E-state index contributed by atoms with van der Waals surface area (Å²) in [6.45, 7) is 3.66. The molecule has 2 heterocycles. The van der Waals surface area contributed by atoms with Gasteiger partial charge in [-0.3, -0.25) is 4.79 Å². The molecule has 0 saturated heterocycles. The average molecular weight is 222 g/mol. The third-order valence-corrected chi connectivity index (χ3v) is 2.87. The smallest absolute Gasteiger partial charge is 0.253 e. The molecule has 2 N–H and O–H groups in total. The van der Waals surface area contributed by atoms with Crippen LogP contribution in [0.4, 0.5) is 0 Å². The van der Waals surface area contributed by atoms with E-state index in [0.29, 0.717) is 6.61 Å². The van der Waals surface area contributed by atoms with E-state index in [1.807, 2.05) is 12.3 Å². The lowest BCUT2D eigenvalue weighted by atomic mass is 10.1. The van der Waals surface area contributed by atoms with Crippen molar-refractivity contribution in [3.8, 4) is 0 Å². The zero-order valence-electron chi connectivity index (χ0n) is 9.58. The van der Waals surface area contributed by atoms with Gasteiger partial charge in [0.1, 0.15) is 0 Å². The number of aromatic amines is 1. The fraction of sp³-hybridized carbons (Fsp3) is 0.583. The van der Waals surface area contributed by atoms with E-state index in [1.165, 1.54) is 0 Å². The number of unbranched alkanes of at least 4 members (excludes halogenated alkanes) is 1. The zero-order chi connectivity index (χ0) is 11.4. The first kappa shape index (κ1) is 11.2. The molecule has 4 heteroatoms. The van der Waals surface area contributed by atoms with Crippen LogP contribution in [0.2, 0.25) is 0 Å². The van der Waals surface area contributed by atoms with Crippen molar-refractivity contribution in [2.75, 3.05) is 13.2 Å². The minimum absolute atomic E-state index is 0.0230. The van der Waals surface area contributed by atoms with Crippen molar-refractivity contribution in [2.45, 2.75) is 32.2 Å². The molecule has 1 aromatic rings. The maximum absolute atomic E-state index is 11.5. The first-order chi connectivity index (χ1) is 7.83. The van der Waals surface area contributed by atoms with E-state index in [0.717, 1.165) is 37.1 Å². The molecule has 88 valence electrons. The highest BCUT2D eigenvalue weighted by atomic mass is 16.5. The van der Waals surface area contributed by atoms with Crippen LogP contribution in [-0.2, 0) is 4.74 Å². The number of hydrogen-bond acceptors (Lipinski definition) is 2. The van der Waals surface area contributed by atoms with Crippen molar-refractivity contribution in [3.63, 3.8) is 0 Å². The maximum Gasteiger partial charge on any atom is 0.253 e. The lowest BCUT2D eigenvalue weighted by Crippen LogP contribution is -2.21. The summed E-state index contributed by atoms with van der Waals surface area (Å²) in [5, 5.41) is 2.94. The van der Waals surface area contributed by atoms with Crippen LogP contribution >= 0.6 is 0 Å². The second-order valence-corrected chi connectivity index (χ2v) is 4.09. The van der Waals surface area contributed by atoms with E-state index in [9.17, 15) is 4.79 Å². The van der Waals surface area contributed by atoms with Crippen molar-refractivity contribution in [1.82, 2.24) is 10.3 Å². The number of ether oxygens (including phenoxy) is 1. The summed E-state index contributed by atoms with van der Waals surface area (Å²) in [6, 6.07) is 1.92. The Balaban J connectivity index is 1.78. The maximum atomic E-state index is 11.5. The summed E-state index contributed by atoms with van der Waals surface area (Å²) >= 11 is 0. The highest BCUT2D eigenvalue weighted by Crippen LogP contribution is 2.25. The molecule has 1 aliphatic heterocycles. The second kappa shape index (κ2) is 5.16. The third kappa shape index (κ3) is 2.27. The highest BCUT2D eigenvalue weighted by Gasteiger charge is 2.28. The van der Waals surface area contributed by atoms with Gasteiger partial charge in [0.05, 0.1) is 17.3 Å². The lowest BCUT2D eigenvalue weighted by molar-refractivity contribution is 0.0933. The van der Waals surface area contributed by atoms with Crippen LogP contribution in [0.3, 0.4) is 0 Å². The Hall–Kier alpha value is -1.29. The van der Waals surface area contributed by atoms with Gasteiger partial charge in [-0.25, -0.2) is 0 Å². The minimum Gasteiger partial charge on any atom is -0.381 e. The van der Waals surface area contributed by atoms with Crippen molar-refractivity contribution in [3.05, 3.63) is 23.5 Å². The number of amides is 1. The summed E-state index contributed by atoms with van der Waals surface area (Å²) in [6.07, 6.45) is 4.91. The number of fused-ring (bicyclic) bond motifs is 1. The lowest BCUT2D eigenvalue weighted by Gasteiger charge is -2.10. The predicted octanol–water partition coefficient (Wildman–Crippen LogP) is 2.01. The predicted molar refractivity (Wildman–Crippen MR) is 61.3 cm³/mol. The Morgan fingerprint density at radius 2 is 2.31 bits per heavy atom. The van der Waals surface area contributed by atoms with Gasteiger partial charge in [-0.05, 0) is 18.9 Å². The number of H-pyrrole nitrogens is 1. The van der Waals surface area contributed by atoms with E-state index in [-0.39, 0.29) is 11.9 Å². The first-order valence-electron chi connectivity index (χ1n) is 5.88. The SMILES string of the molecule is CCCCOCC[C@@H]1NC(=O)c2cc[nH]c21. The Bertz CT molecular complexity index is 360. The number of nitrogens with one attached hydrogen (secondary N) is 2. The summed E-state index contributed by atoms with van der Waals surface area (Å²) in [4.78, 5) is 14.6. The van der Waals surface area contributed by atoms with Gasteiger partial charge in [0.25, 0.3) is 5.91 Å². The Labute approximate surface area is 95.4 Å². The van der Waals surface area contributed by atoms with Crippen LogP contribution in [0.1, 0.15) is 48.3 Å².